The topological polar surface area (TPSA) is 64.2 Å². The Bertz CT molecular complexity index is 882. The number of furan rings is 1. The molecule has 4 rings (SSSR count). The lowest BCUT2D eigenvalue weighted by molar-refractivity contribution is 0.239. The van der Waals surface area contributed by atoms with Crippen LogP contribution < -0.4 is 5.56 Å². The van der Waals surface area contributed by atoms with Gasteiger partial charge in [-0.25, -0.2) is 9.67 Å². The number of thiazole rings is 1. The third-order valence-electron chi connectivity index (χ3n) is 3.99. The normalized spacial score (nSPS) is 14.8. The highest BCUT2D eigenvalue weighted by molar-refractivity contribution is 7.13. The number of aryl methyl sites for hydroxylation is 1. The van der Waals surface area contributed by atoms with Gasteiger partial charge in [0.15, 0.2) is 10.8 Å². The Kier molecular flexibility index (Phi) is 3.59. The summed E-state index contributed by atoms with van der Waals surface area (Å²) >= 11 is 1.59. The molecule has 0 atom stereocenters. The van der Waals surface area contributed by atoms with Crippen LogP contribution in [0.15, 0.2) is 39.1 Å². The monoisotopic (exact) mass is 328 g/mol. The van der Waals surface area contributed by atoms with Crippen molar-refractivity contribution >= 4 is 11.3 Å². The zero-order valence-corrected chi connectivity index (χ0v) is 13.5. The summed E-state index contributed by atoms with van der Waals surface area (Å²) in [7, 11) is 1.69. The van der Waals surface area contributed by atoms with Gasteiger partial charge in [-0.05, 0) is 17.7 Å². The van der Waals surface area contributed by atoms with Gasteiger partial charge in [-0.2, -0.15) is 5.10 Å². The molecule has 3 aromatic heterocycles. The number of hydrogen-bond acceptors (Lipinski definition) is 6. The van der Waals surface area contributed by atoms with Crippen molar-refractivity contribution in [3.63, 3.8) is 0 Å². The van der Waals surface area contributed by atoms with Crippen molar-refractivity contribution in [1.29, 1.82) is 0 Å². The minimum absolute atomic E-state index is 0.0561. The van der Waals surface area contributed by atoms with Crippen molar-refractivity contribution < 1.29 is 4.42 Å². The van der Waals surface area contributed by atoms with E-state index in [1.54, 1.807) is 30.7 Å². The predicted molar refractivity (Wildman–Crippen MR) is 87.1 cm³/mol. The molecule has 0 aromatic carbocycles. The molecule has 4 heterocycles. The van der Waals surface area contributed by atoms with Crippen LogP contribution in [0.3, 0.4) is 0 Å². The maximum Gasteiger partial charge on any atom is 0.266 e. The molecule has 0 amide bonds. The van der Waals surface area contributed by atoms with Crippen molar-refractivity contribution in [3.8, 4) is 10.8 Å². The van der Waals surface area contributed by atoms with E-state index in [4.69, 9.17) is 4.42 Å². The van der Waals surface area contributed by atoms with Gasteiger partial charge in [0, 0.05) is 44.5 Å². The first-order valence-corrected chi connectivity index (χ1v) is 8.34. The van der Waals surface area contributed by atoms with Crippen molar-refractivity contribution in [2.75, 3.05) is 6.54 Å². The van der Waals surface area contributed by atoms with E-state index in [0.717, 1.165) is 53.8 Å². The number of hydrogen-bond donors (Lipinski definition) is 0. The van der Waals surface area contributed by atoms with Crippen molar-refractivity contribution in [1.82, 2.24) is 19.7 Å². The van der Waals surface area contributed by atoms with Gasteiger partial charge in [0.25, 0.3) is 5.56 Å². The third-order valence-corrected chi connectivity index (χ3v) is 4.89. The molecule has 0 fully saturated rings. The van der Waals surface area contributed by atoms with Gasteiger partial charge in [-0.1, -0.05) is 0 Å². The van der Waals surface area contributed by atoms with Crippen LogP contribution >= 0.6 is 11.3 Å². The van der Waals surface area contributed by atoms with Gasteiger partial charge in [0.2, 0.25) is 0 Å². The highest BCUT2D eigenvalue weighted by Crippen LogP contribution is 2.25. The van der Waals surface area contributed by atoms with Gasteiger partial charge in [-0.15, -0.1) is 11.3 Å². The lowest BCUT2D eigenvalue weighted by Gasteiger charge is -2.27. The molecule has 6 nitrogen and oxygen atoms in total. The lowest BCUT2D eigenvalue weighted by Crippen LogP contribution is -2.34. The average molecular weight is 328 g/mol. The number of nitrogens with zero attached hydrogens (tertiary/aromatic N) is 4. The van der Waals surface area contributed by atoms with Crippen LogP contribution in [0.25, 0.3) is 10.8 Å². The van der Waals surface area contributed by atoms with Crippen molar-refractivity contribution in [2.45, 2.75) is 19.5 Å². The molecule has 0 radical (unpaired) electrons. The maximum atomic E-state index is 11.8. The van der Waals surface area contributed by atoms with Crippen LogP contribution in [0.2, 0.25) is 0 Å². The summed E-state index contributed by atoms with van der Waals surface area (Å²) in [5.74, 6) is 0.804. The Balaban J connectivity index is 1.50. The molecule has 0 saturated carbocycles. The van der Waals surface area contributed by atoms with E-state index in [1.807, 2.05) is 12.1 Å². The molecule has 1 aliphatic rings. The number of fused-ring (bicyclic) bond motifs is 1. The van der Waals surface area contributed by atoms with Crippen molar-refractivity contribution in [2.24, 2.45) is 7.05 Å². The third kappa shape index (κ3) is 2.85. The predicted octanol–water partition coefficient (Wildman–Crippen LogP) is 2.06. The van der Waals surface area contributed by atoms with Gasteiger partial charge in [0.1, 0.15) is 0 Å². The molecule has 1 aliphatic heterocycles. The Hall–Kier alpha value is -2.25. The first-order valence-electron chi connectivity index (χ1n) is 7.46. The van der Waals surface area contributed by atoms with E-state index >= 15 is 0 Å². The van der Waals surface area contributed by atoms with E-state index in [-0.39, 0.29) is 5.56 Å². The second-order valence-electron chi connectivity index (χ2n) is 5.66. The standard InChI is InChI=1S/C16H16N4O2S/c1-19-15(21)7-11-8-20(5-4-13(11)18-19)9-12-10-23-16(17-12)14-3-2-6-22-14/h2-3,6-7,10H,4-5,8-9H2,1H3. The summed E-state index contributed by atoms with van der Waals surface area (Å²) in [4.78, 5) is 18.7. The van der Waals surface area contributed by atoms with E-state index < -0.39 is 0 Å². The molecular formula is C16H16N4O2S. The van der Waals surface area contributed by atoms with Crippen LogP contribution in [0.5, 0.6) is 0 Å². The van der Waals surface area contributed by atoms with Crippen LogP contribution in [-0.2, 0) is 26.6 Å². The van der Waals surface area contributed by atoms with Crippen molar-refractivity contribution in [3.05, 3.63) is 57.1 Å². The Morgan fingerprint density at radius 1 is 1.43 bits per heavy atom. The summed E-state index contributed by atoms with van der Waals surface area (Å²) in [6, 6.07) is 5.48. The quantitative estimate of drug-likeness (QED) is 0.736. The van der Waals surface area contributed by atoms with Gasteiger partial charge in [0.05, 0.1) is 17.7 Å². The molecule has 0 N–H and O–H groups in total. The fourth-order valence-corrected chi connectivity index (χ4v) is 3.59. The Labute approximate surface area is 137 Å². The van der Waals surface area contributed by atoms with Gasteiger partial charge < -0.3 is 4.42 Å². The fourth-order valence-electron chi connectivity index (χ4n) is 2.81. The maximum absolute atomic E-state index is 11.8. The second kappa shape index (κ2) is 5.75. The van der Waals surface area contributed by atoms with E-state index in [1.165, 1.54) is 4.68 Å². The highest BCUT2D eigenvalue weighted by Gasteiger charge is 2.20. The van der Waals surface area contributed by atoms with Crippen LogP contribution in [-0.4, -0.2) is 26.2 Å². The molecule has 0 aliphatic carbocycles. The summed E-state index contributed by atoms with van der Waals surface area (Å²) in [5.41, 5.74) is 3.03. The molecule has 0 bridgehead atoms. The zero-order valence-electron chi connectivity index (χ0n) is 12.7. The summed E-state index contributed by atoms with van der Waals surface area (Å²) in [6.45, 7) is 2.43. The van der Waals surface area contributed by atoms with Gasteiger partial charge >= 0.3 is 0 Å². The second-order valence-corrected chi connectivity index (χ2v) is 6.52. The summed E-state index contributed by atoms with van der Waals surface area (Å²) < 4.78 is 6.79. The zero-order chi connectivity index (χ0) is 15.8. The molecule has 7 heteroatoms. The van der Waals surface area contributed by atoms with Crippen LogP contribution in [0.1, 0.15) is 17.0 Å². The first-order chi connectivity index (χ1) is 11.2. The molecule has 0 spiro atoms. The molecule has 118 valence electrons. The van der Waals surface area contributed by atoms with Gasteiger partial charge in [-0.3, -0.25) is 9.69 Å². The SMILES string of the molecule is Cn1nc2c(cc1=O)CN(Cc1csc(-c3ccco3)n1)CC2. The van der Waals surface area contributed by atoms with E-state index in [9.17, 15) is 4.79 Å². The van der Waals surface area contributed by atoms with E-state index in [2.05, 4.69) is 20.4 Å². The smallest absolute Gasteiger partial charge is 0.266 e. The summed E-state index contributed by atoms with van der Waals surface area (Å²) in [5, 5.41) is 7.31. The minimum atomic E-state index is -0.0561. The molecular weight excluding hydrogens is 312 g/mol. The van der Waals surface area contributed by atoms with Crippen LogP contribution in [0, 0.1) is 0 Å². The first kappa shape index (κ1) is 14.3. The minimum Gasteiger partial charge on any atom is -0.462 e. The highest BCUT2D eigenvalue weighted by atomic mass is 32.1. The number of rotatable bonds is 3. The van der Waals surface area contributed by atoms with E-state index in [0.29, 0.717) is 0 Å². The molecule has 23 heavy (non-hydrogen) atoms. The fraction of sp³-hybridized carbons (Fsp3) is 0.312. The average Bonchev–Trinajstić information content (AvgIpc) is 3.20. The molecule has 0 saturated heterocycles. The lowest BCUT2D eigenvalue weighted by atomic mass is 10.1. The summed E-state index contributed by atoms with van der Waals surface area (Å²) in [6.07, 6.45) is 2.52. The Morgan fingerprint density at radius 2 is 2.35 bits per heavy atom. The van der Waals surface area contributed by atoms with Crippen LogP contribution in [0.4, 0.5) is 0 Å². The Morgan fingerprint density at radius 3 is 3.17 bits per heavy atom. The largest absolute Gasteiger partial charge is 0.462 e. The number of aromatic nitrogens is 3. The molecule has 0 unspecified atom stereocenters. The molecule has 3 aromatic rings.